The summed E-state index contributed by atoms with van der Waals surface area (Å²) in [7, 11) is 0. The second-order valence-electron chi connectivity index (χ2n) is 4.53. The van der Waals surface area contributed by atoms with Crippen molar-refractivity contribution >= 4 is 0 Å². The normalized spacial score (nSPS) is 14.2. The number of rotatable bonds is 3. The fraction of sp³-hybridized carbons (Fsp3) is 0.667. The molecule has 0 saturated carbocycles. The molecule has 0 amide bonds. The van der Waals surface area contributed by atoms with Crippen LogP contribution in [0.4, 0.5) is 0 Å². The van der Waals surface area contributed by atoms with Crippen LogP contribution in [-0.4, -0.2) is 0 Å². The van der Waals surface area contributed by atoms with E-state index in [0.29, 0.717) is 5.41 Å². The Hall–Kier alpha value is -0.520. The molecule has 12 heavy (non-hydrogen) atoms. The fourth-order valence-corrected chi connectivity index (χ4v) is 0.882. The first-order valence-corrected chi connectivity index (χ1v) is 4.75. The monoisotopic (exact) mass is 166 g/mol. The van der Waals surface area contributed by atoms with Crippen molar-refractivity contribution in [3.8, 4) is 0 Å². The molecular weight excluding hydrogens is 144 g/mol. The molecule has 0 unspecified atom stereocenters. The molecule has 0 radical (unpaired) electrons. The van der Waals surface area contributed by atoms with Gasteiger partial charge < -0.3 is 0 Å². The Morgan fingerprint density at radius 3 is 2.25 bits per heavy atom. The van der Waals surface area contributed by atoms with E-state index in [-0.39, 0.29) is 0 Å². The highest BCUT2D eigenvalue weighted by atomic mass is 14.1. The molecule has 0 aromatic carbocycles. The fourth-order valence-electron chi connectivity index (χ4n) is 0.882. The van der Waals surface area contributed by atoms with E-state index < -0.39 is 0 Å². The quantitative estimate of drug-likeness (QED) is 0.547. The largest absolute Gasteiger partial charge is 0.0847 e. The van der Waals surface area contributed by atoms with E-state index in [1.165, 1.54) is 18.4 Å². The van der Waals surface area contributed by atoms with E-state index in [1.54, 1.807) is 0 Å². The van der Waals surface area contributed by atoms with Gasteiger partial charge in [0.2, 0.25) is 0 Å². The van der Waals surface area contributed by atoms with Crippen LogP contribution in [0.15, 0.2) is 23.8 Å². The lowest BCUT2D eigenvalue weighted by Gasteiger charge is -2.15. The van der Waals surface area contributed by atoms with Gasteiger partial charge in [0.1, 0.15) is 0 Å². The van der Waals surface area contributed by atoms with Crippen LogP contribution in [0.25, 0.3) is 0 Å². The molecule has 0 aromatic heterocycles. The van der Waals surface area contributed by atoms with E-state index in [9.17, 15) is 0 Å². The predicted molar refractivity (Wildman–Crippen MR) is 57.3 cm³/mol. The molecule has 0 atom stereocenters. The molecule has 0 rings (SSSR count). The Morgan fingerprint density at radius 2 is 1.83 bits per heavy atom. The zero-order valence-electron chi connectivity index (χ0n) is 9.15. The summed E-state index contributed by atoms with van der Waals surface area (Å²) in [4.78, 5) is 0. The summed E-state index contributed by atoms with van der Waals surface area (Å²) >= 11 is 0. The van der Waals surface area contributed by atoms with Gasteiger partial charge in [0.05, 0.1) is 0 Å². The minimum Gasteiger partial charge on any atom is -0.0847 e. The highest BCUT2D eigenvalue weighted by molar-refractivity contribution is 5.14. The van der Waals surface area contributed by atoms with E-state index in [4.69, 9.17) is 0 Å². The van der Waals surface area contributed by atoms with Crippen LogP contribution in [-0.2, 0) is 0 Å². The van der Waals surface area contributed by atoms with Crippen molar-refractivity contribution in [2.75, 3.05) is 0 Å². The molecular formula is C12H22. The van der Waals surface area contributed by atoms with Gasteiger partial charge in [0.15, 0.2) is 0 Å². The molecule has 0 aromatic rings. The van der Waals surface area contributed by atoms with Gasteiger partial charge in [-0.05, 0) is 32.1 Å². The zero-order valence-corrected chi connectivity index (χ0v) is 9.15. The summed E-state index contributed by atoms with van der Waals surface area (Å²) in [6.07, 6.45) is 9.05. The molecule has 0 saturated heterocycles. The third kappa shape index (κ3) is 7.59. The van der Waals surface area contributed by atoms with E-state index in [2.05, 4.69) is 52.8 Å². The molecule has 70 valence electrons. The van der Waals surface area contributed by atoms with E-state index >= 15 is 0 Å². The van der Waals surface area contributed by atoms with Crippen LogP contribution in [0.5, 0.6) is 0 Å². The maximum atomic E-state index is 2.28. The molecule has 0 heteroatoms. The maximum absolute atomic E-state index is 2.28. The zero-order chi connectivity index (χ0) is 9.61. The summed E-state index contributed by atoms with van der Waals surface area (Å²) in [5.41, 5.74) is 1.82. The van der Waals surface area contributed by atoms with E-state index in [1.807, 2.05) is 0 Å². The van der Waals surface area contributed by atoms with Crippen LogP contribution < -0.4 is 0 Å². The average Bonchev–Trinajstić information content (AvgIpc) is 1.96. The molecule has 0 aliphatic carbocycles. The lowest BCUT2D eigenvalue weighted by atomic mass is 9.90. The summed E-state index contributed by atoms with van der Waals surface area (Å²) in [5, 5.41) is 0. The van der Waals surface area contributed by atoms with Gasteiger partial charge in [-0.2, -0.15) is 0 Å². The molecule has 0 spiro atoms. The third-order valence-electron chi connectivity index (χ3n) is 1.90. The van der Waals surface area contributed by atoms with Crippen molar-refractivity contribution in [2.24, 2.45) is 5.41 Å². The van der Waals surface area contributed by atoms with Crippen LogP contribution >= 0.6 is 0 Å². The van der Waals surface area contributed by atoms with Gasteiger partial charge >= 0.3 is 0 Å². The second-order valence-corrected chi connectivity index (χ2v) is 4.53. The first-order chi connectivity index (χ1) is 5.45. The smallest absolute Gasteiger partial charge is 0.0343 e. The van der Waals surface area contributed by atoms with Crippen LogP contribution in [0.2, 0.25) is 0 Å². The minimum atomic E-state index is 0.466. The molecule has 0 bridgehead atoms. The number of hydrogen-bond acceptors (Lipinski definition) is 0. The molecule has 0 aliphatic rings. The molecule has 0 nitrogen and oxygen atoms in total. The minimum absolute atomic E-state index is 0.466. The number of hydrogen-bond donors (Lipinski definition) is 0. The van der Waals surface area contributed by atoms with Gasteiger partial charge in [0, 0.05) is 0 Å². The highest BCUT2D eigenvalue weighted by Crippen LogP contribution is 2.20. The van der Waals surface area contributed by atoms with Crippen LogP contribution in [0.3, 0.4) is 0 Å². The van der Waals surface area contributed by atoms with Crippen LogP contribution in [0, 0.1) is 5.41 Å². The molecule has 0 heterocycles. The van der Waals surface area contributed by atoms with Crippen LogP contribution in [0.1, 0.15) is 47.5 Å². The van der Waals surface area contributed by atoms with Gasteiger partial charge in [-0.15, -0.1) is 0 Å². The predicted octanol–water partition coefficient (Wildman–Crippen LogP) is 4.34. The van der Waals surface area contributed by atoms with Crippen molar-refractivity contribution in [1.82, 2.24) is 0 Å². The van der Waals surface area contributed by atoms with Crippen molar-refractivity contribution in [3.05, 3.63) is 23.8 Å². The highest BCUT2D eigenvalue weighted by Gasteiger charge is 2.07. The second kappa shape index (κ2) is 5.18. The Balaban J connectivity index is 3.64. The maximum Gasteiger partial charge on any atom is -0.0343 e. The Labute approximate surface area is 77.4 Å². The van der Waals surface area contributed by atoms with Gasteiger partial charge in [-0.3, -0.25) is 0 Å². The summed E-state index contributed by atoms with van der Waals surface area (Å²) in [5.74, 6) is 0. The van der Waals surface area contributed by atoms with Gasteiger partial charge in [-0.1, -0.05) is 44.6 Å². The first-order valence-electron chi connectivity index (χ1n) is 4.75. The first kappa shape index (κ1) is 11.5. The standard InChI is InChI=1S/C12H22/c1-6-11(2)9-7-8-10-12(3,4)5/h6-7,9H,8,10H2,1-5H3/b9-7-,11-6-. The lowest BCUT2D eigenvalue weighted by Crippen LogP contribution is -2.02. The Kier molecular flexibility index (Phi) is 4.96. The SMILES string of the molecule is C/C=C(C)\C=C/CCC(C)(C)C. The van der Waals surface area contributed by atoms with Crippen molar-refractivity contribution in [1.29, 1.82) is 0 Å². The van der Waals surface area contributed by atoms with Crippen molar-refractivity contribution < 1.29 is 0 Å². The molecule has 0 fully saturated rings. The molecule has 0 N–H and O–H groups in total. The van der Waals surface area contributed by atoms with Crippen molar-refractivity contribution in [2.45, 2.75) is 47.5 Å². The van der Waals surface area contributed by atoms with Gasteiger partial charge in [0.25, 0.3) is 0 Å². The lowest BCUT2D eigenvalue weighted by molar-refractivity contribution is 0.381. The Bertz CT molecular complexity index is 165. The summed E-state index contributed by atoms with van der Waals surface area (Å²) in [6, 6.07) is 0. The topological polar surface area (TPSA) is 0 Å². The summed E-state index contributed by atoms with van der Waals surface area (Å²) < 4.78 is 0. The molecule has 0 aliphatic heterocycles. The van der Waals surface area contributed by atoms with Gasteiger partial charge in [-0.25, -0.2) is 0 Å². The van der Waals surface area contributed by atoms with E-state index in [0.717, 1.165) is 0 Å². The Morgan fingerprint density at radius 1 is 1.25 bits per heavy atom. The third-order valence-corrected chi connectivity index (χ3v) is 1.90. The summed E-state index contributed by atoms with van der Waals surface area (Å²) in [6.45, 7) is 11.0. The number of allylic oxidation sites excluding steroid dienone is 4. The average molecular weight is 166 g/mol. The van der Waals surface area contributed by atoms with Crippen molar-refractivity contribution in [3.63, 3.8) is 0 Å².